The van der Waals surface area contributed by atoms with Gasteiger partial charge in [0.25, 0.3) is 0 Å². The van der Waals surface area contributed by atoms with Crippen LogP contribution in [0.1, 0.15) is 13.8 Å². The zero-order chi connectivity index (χ0) is 6.78. The molecular weight excluding hydrogens is 220 g/mol. The van der Waals surface area contributed by atoms with E-state index in [1.165, 1.54) is 0 Å². The van der Waals surface area contributed by atoms with Gasteiger partial charge in [-0.1, -0.05) is 0 Å². The molecule has 0 aliphatic rings. The Balaban J connectivity index is 3.91. The van der Waals surface area contributed by atoms with Gasteiger partial charge in [-0.2, -0.15) is 0 Å². The fourth-order valence-corrected chi connectivity index (χ4v) is 0.454. The van der Waals surface area contributed by atoms with Gasteiger partial charge in [0.1, 0.15) is 0 Å². The molecule has 0 aromatic carbocycles. The summed E-state index contributed by atoms with van der Waals surface area (Å²) in [5, 5.41) is 8.45. The van der Waals surface area contributed by atoms with E-state index in [0.717, 1.165) is 4.47 Å². The monoisotopic (exact) mass is 232 g/mol. The Labute approximate surface area is 62.2 Å². The first-order chi connectivity index (χ1) is 3.50. The van der Waals surface area contributed by atoms with Gasteiger partial charge in [-0.25, -0.2) is 0 Å². The van der Waals surface area contributed by atoms with Gasteiger partial charge in [-0.05, 0) is 0 Å². The molecule has 1 N–H and O–H groups in total. The molecule has 2 nitrogen and oxygen atoms in total. The van der Waals surface area contributed by atoms with Gasteiger partial charge < -0.3 is 0 Å². The van der Waals surface area contributed by atoms with E-state index in [9.17, 15) is 4.79 Å². The number of hydrogen-bond donors (Lipinski definition) is 1. The number of hydrogen-bond acceptors (Lipinski definition) is 1. The summed E-state index contributed by atoms with van der Waals surface area (Å²) >= 11 is 1.54. The van der Waals surface area contributed by atoms with Gasteiger partial charge in [0.2, 0.25) is 0 Å². The van der Waals surface area contributed by atoms with Crippen molar-refractivity contribution in [1.82, 2.24) is 0 Å². The first kappa shape index (κ1) is 8.26. The molecule has 0 atom stereocenters. The van der Waals surface area contributed by atoms with Crippen LogP contribution in [0.4, 0.5) is 0 Å². The van der Waals surface area contributed by atoms with E-state index < -0.39 is 11.4 Å². The number of carbonyl (C=O) groups is 1. The molecule has 0 radical (unpaired) electrons. The summed E-state index contributed by atoms with van der Waals surface area (Å²) in [5.41, 5.74) is -0.519. The minimum absolute atomic E-state index is 0.519. The third-order valence-corrected chi connectivity index (χ3v) is 3.23. The molecule has 0 unspecified atom stereocenters. The average Bonchev–Trinajstić information content (AvgIpc) is 1.67. The molecule has 0 saturated heterocycles. The minimum atomic E-state index is -0.710. The molecular formula is C5H10O2Te. The zero-order valence-corrected chi connectivity index (χ0v) is 7.56. The Kier molecular flexibility index (Phi) is 2.79. The van der Waals surface area contributed by atoms with E-state index in [4.69, 9.17) is 5.11 Å². The average molecular weight is 230 g/mol. The predicted octanol–water partition coefficient (Wildman–Crippen LogP) is 0.416. The quantitative estimate of drug-likeness (QED) is 0.697. The van der Waals surface area contributed by atoms with E-state index in [1.54, 1.807) is 36.1 Å². The van der Waals surface area contributed by atoms with Crippen molar-refractivity contribution in [3.05, 3.63) is 0 Å². The summed E-state index contributed by atoms with van der Waals surface area (Å²) in [4.78, 5) is 10.3. The van der Waals surface area contributed by atoms with E-state index >= 15 is 0 Å². The number of carboxylic acid groups (broad SMARTS) is 1. The molecule has 0 bridgehead atoms. The molecule has 3 heteroatoms. The number of aliphatic carboxylic acids is 1. The van der Waals surface area contributed by atoms with E-state index in [0.29, 0.717) is 0 Å². The third-order valence-electron chi connectivity index (χ3n) is 0.974. The van der Waals surface area contributed by atoms with Gasteiger partial charge in [-0.3, -0.25) is 0 Å². The molecule has 0 aliphatic heterocycles. The molecule has 0 spiro atoms. The Morgan fingerprint density at radius 1 is 1.75 bits per heavy atom. The van der Waals surface area contributed by atoms with Crippen molar-refractivity contribution >= 4 is 28.3 Å². The maximum atomic E-state index is 10.3. The van der Waals surface area contributed by atoms with Crippen LogP contribution < -0.4 is 0 Å². The van der Waals surface area contributed by atoms with Crippen LogP contribution in [0.15, 0.2) is 0 Å². The second kappa shape index (κ2) is 2.70. The van der Waals surface area contributed by atoms with Crippen LogP contribution in [0.2, 0.25) is 4.47 Å². The van der Waals surface area contributed by atoms with Gasteiger partial charge in [0, 0.05) is 0 Å². The second-order valence-electron chi connectivity index (χ2n) is 2.35. The summed E-state index contributed by atoms with van der Waals surface area (Å²) in [5.74, 6) is -0.710. The summed E-state index contributed by atoms with van der Waals surface area (Å²) in [6.45, 7) is 3.46. The maximum absolute atomic E-state index is 10.3. The van der Waals surface area contributed by atoms with Crippen LogP contribution in [0.5, 0.6) is 0 Å². The predicted molar refractivity (Wildman–Crippen MR) is 33.4 cm³/mol. The van der Waals surface area contributed by atoms with Crippen LogP contribution in [-0.2, 0) is 4.79 Å². The number of rotatable bonds is 2. The first-order valence-corrected chi connectivity index (χ1v) is 4.15. The van der Waals surface area contributed by atoms with Crippen molar-refractivity contribution in [3.63, 3.8) is 0 Å². The molecule has 0 saturated carbocycles. The molecule has 0 amide bonds. The normalized spacial score (nSPS) is 11.4. The van der Waals surface area contributed by atoms with Crippen molar-refractivity contribution in [2.75, 3.05) is 0 Å². The standard InChI is InChI=1S/C5H10O2Te/c1-5(2,3-8)4(6)7/h8H,3H2,1-2H3,(H,6,7). The molecule has 0 aromatic rings. The fraction of sp³-hybridized carbons (Fsp3) is 0.800. The van der Waals surface area contributed by atoms with Crippen molar-refractivity contribution < 1.29 is 9.90 Å². The fourth-order valence-electron chi connectivity index (χ4n) is 0.0676. The van der Waals surface area contributed by atoms with E-state index in [2.05, 4.69) is 0 Å². The molecule has 0 aliphatic carbocycles. The van der Waals surface area contributed by atoms with Crippen molar-refractivity contribution in [1.29, 1.82) is 0 Å². The van der Waals surface area contributed by atoms with Crippen LogP contribution in [-0.4, -0.2) is 33.4 Å². The Bertz CT molecular complexity index is 98.6. The van der Waals surface area contributed by atoms with Crippen LogP contribution in [0.25, 0.3) is 0 Å². The molecule has 48 valence electrons. The van der Waals surface area contributed by atoms with Crippen LogP contribution >= 0.6 is 0 Å². The van der Waals surface area contributed by atoms with Gasteiger partial charge in [0.05, 0.1) is 0 Å². The molecule has 0 rings (SSSR count). The summed E-state index contributed by atoms with van der Waals surface area (Å²) in [6.07, 6.45) is 0. The molecule has 0 aromatic heterocycles. The Morgan fingerprint density at radius 3 is 2.12 bits per heavy atom. The van der Waals surface area contributed by atoms with Gasteiger partial charge in [0.15, 0.2) is 0 Å². The van der Waals surface area contributed by atoms with Gasteiger partial charge in [-0.15, -0.1) is 0 Å². The summed E-state index contributed by atoms with van der Waals surface area (Å²) in [7, 11) is 0. The molecule has 0 fully saturated rings. The molecule has 8 heavy (non-hydrogen) atoms. The van der Waals surface area contributed by atoms with Crippen molar-refractivity contribution in [3.8, 4) is 0 Å². The van der Waals surface area contributed by atoms with Crippen LogP contribution in [0, 0.1) is 5.41 Å². The molecule has 0 heterocycles. The third kappa shape index (κ3) is 2.02. The topological polar surface area (TPSA) is 37.3 Å². The summed E-state index contributed by atoms with van der Waals surface area (Å²) in [6, 6.07) is 0. The SMILES string of the molecule is CC(C)(C[TeH])C(=O)O. The van der Waals surface area contributed by atoms with Crippen LogP contribution in [0.3, 0.4) is 0 Å². The van der Waals surface area contributed by atoms with E-state index in [1.807, 2.05) is 0 Å². The second-order valence-corrected chi connectivity index (χ2v) is 3.25. The van der Waals surface area contributed by atoms with Gasteiger partial charge >= 0.3 is 61.9 Å². The first-order valence-electron chi connectivity index (χ1n) is 2.35. The number of carboxylic acids is 1. The zero-order valence-electron chi connectivity index (χ0n) is 5.01. The van der Waals surface area contributed by atoms with Crippen molar-refractivity contribution in [2.24, 2.45) is 5.41 Å². The Hall–Kier alpha value is 0.260. The van der Waals surface area contributed by atoms with E-state index in [-0.39, 0.29) is 0 Å². The Morgan fingerprint density at radius 2 is 2.12 bits per heavy atom. The summed E-state index contributed by atoms with van der Waals surface area (Å²) < 4.78 is 0.733. The van der Waals surface area contributed by atoms with Crippen molar-refractivity contribution in [2.45, 2.75) is 18.3 Å².